The molecule has 6 nitrogen and oxygen atoms in total. The van der Waals surface area contributed by atoms with Gasteiger partial charge in [-0.1, -0.05) is 61.5 Å². The van der Waals surface area contributed by atoms with Crippen LogP contribution in [0, 0.1) is 6.07 Å². The largest absolute Gasteiger partial charge is 0.354 e. The molecule has 0 atom stereocenters. The van der Waals surface area contributed by atoms with Gasteiger partial charge in [-0.3, -0.25) is 0 Å². The predicted octanol–water partition coefficient (Wildman–Crippen LogP) is 6.08. The van der Waals surface area contributed by atoms with Crippen molar-refractivity contribution in [3.05, 3.63) is 88.7 Å². The van der Waals surface area contributed by atoms with Crippen molar-refractivity contribution < 1.29 is 8.42 Å². The Kier molecular flexibility index (Phi) is 6.52. The van der Waals surface area contributed by atoms with Gasteiger partial charge in [-0.05, 0) is 29.8 Å². The van der Waals surface area contributed by atoms with Crippen molar-refractivity contribution >= 4 is 43.0 Å². The Labute approximate surface area is 188 Å². The van der Waals surface area contributed by atoms with Crippen LogP contribution in [0.15, 0.2) is 72.8 Å². The van der Waals surface area contributed by atoms with Gasteiger partial charge in [-0.15, -0.1) is 4.95 Å². The molecule has 3 aromatic carbocycles. The van der Waals surface area contributed by atoms with Gasteiger partial charge in [0, 0.05) is 22.2 Å². The topological polar surface area (TPSA) is 77.5 Å². The van der Waals surface area contributed by atoms with Crippen LogP contribution in [-0.4, -0.2) is 25.7 Å². The SMILES string of the molecule is CC#[N+][N-]CCCS(=O)(=O)Cc1ccc(Nc2c3ccccc3nc3ccccc23)cc1. The first-order chi connectivity index (χ1) is 15.6. The molecule has 0 aliphatic carbocycles. The van der Waals surface area contributed by atoms with Crippen molar-refractivity contribution in [1.82, 2.24) is 4.98 Å². The number of fused-ring (bicyclic) bond motifs is 2. The van der Waals surface area contributed by atoms with Crippen molar-refractivity contribution in [2.45, 2.75) is 19.1 Å². The standard InChI is InChI=1S/C25H24N4O2S/c1-2-26-27-16-7-17-32(30,31)18-19-12-14-20(15-13-19)28-25-21-8-3-5-10-23(21)29-24-11-6-4-9-22(24)25/h3-6,8-15H,7,16-18H2,1H3,(H,28,29). The van der Waals surface area contributed by atoms with Gasteiger partial charge in [0.25, 0.3) is 6.07 Å². The molecule has 0 spiro atoms. The van der Waals surface area contributed by atoms with Crippen molar-refractivity contribution in [2.24, 2.45) is 0 Å². The Hall–Kier alpha value is -3.63. The lowest BCUT2D eigenvalue weighted by Crippen LogP contribution is -2.10. The van der Waals surface area contributed by atoms with Crippen LogP contribution in [0.3, 0.4) is 0 Å². The van der Waals surface area contributed by atoms with Gasteiger partial charge >= 0.3 is 0 Å². The second-order valence-corrected chi connectivity index (χ2v) is 9.66. The summed E-state index contributed by atoms with van der Waals surface area (Å²) in [6.45, 7) is 2.04. The predicted molar refractivity (Wildman–Crippen MR) is 132 cm³/mol. The zero-order valence-corrected chi connectivity index (χ0v) is 18.6. The zero-order valence-electron chi connectivity index (χ0n) is 17.8. The van der Waals surface area contributed by atoms with Crippen molar-refractivity contribution in [1.29, 1.82) is 0 Å². The maximum Gasteiger partial charge on any atom is 0.267 e. The fourth-order valence-electron chi connectivity index (χ4n) is 3.61. The summed E-state index contributed by atoms with van der Waals surface area (Å²) in [6, 6.07) is 26.1. The van der Waals surface area contributed by atoms with Gasteiger partial charge in [0.1, 0.15) is 0 Å². The van der Waals surface area contributed by atoms with Gasteiger partial charge in [-0.2, -0.15) is 0 Å². The van der Waals surface area contributed by atoms with E-state index in [0.717, 1.165) is 38.7 Å². The molecule has 0 amide bonds. The number of para-hydroxylation sites is 2. The van der Waals surface area contributed by atoms with Crippen LogP contribution in [0.5, 0.6) is 0 Å². The molecule has 0 bridgehead atoms. The number of sulfone groups is 1. The highest BCUT2D eigenvalue weighted by Gasteiger charge is 2.12. The lowest BCUT2D eigenvalue weighted by atomic mass is 10.1. The van der Waals surface area contributed by atoms with Gasteiger partial charge in [0.05, 0.1) is 29.4 Å². The van der Waals surface area contributed by atoms with Crippen LogP contribution in [0.2, 0.25) is 0 Å². The van der Waals surface area contributed by atoms with Crippen LogP contribution in [0.4, 0.5) is 11.4 Å². The molecule has 0 radical (unpaired) electrons. The number of rotatable bonds is 8. The van der Waals surface area contributed by atoms with E-state index in [2.05, 4.69) is 21.8 Å². The van der Waals surface area contributed by atoms with E-state index in [9.17, 15) is 8.42 Å². The molecular formula is C25H24N4O2S. The molecule has 0 saturated heterocycles. The highest BCUT2D eigenvalue weighted by Crippen LogP contribution is 2.33. The average Bonchev–Trinajstić information content (AvgIpc) is 2.80. The molecule has 1 N–H and O–H groups in total. The fourth-order valence-corrected chi connectivity index (χ4v) is 5.02. The molecule has 162 valence electrons. The van der Waals surface area contributed by atoms with E-state index in [1.165, 1.54) is 0 Å². The molecule has 32 heavy (non-hydrogen) atoms. The van der Waals surface area contributed by atoms with E-state index in [-0.39, 0.29) is 11.5 Å². The monoisotopic (exact) mass is 444 g/mol. The summed E-state index contributed by atoms with van der Waals surface area (Å²) in [5, 5.41) is 5.59. The number of nitrogens with zero attached hydrogens (tertiary/aromatic N) is 3. The second-order valence-electron chi connectivity index (χ2n) is 7.48. The molecule has 0 unspecified atom stereocenters. The first-order valence-corrected chi connectivity index (χ1v) is 12.2. The summed E-state index contributed by atoms with van der Waals surface area (Å²) in [5.74, 6) is 0.0995. The van der Waals surface area contributed by atoms with Crippen LogP contribution < -0.4 is 5.32 Å². The number of anilines is 2. The Morgan fingerprint density at radius 1 is 0.938 bits per heavy atom. The fraction of sp³-hybridized carbons (Fsp3) is 0.200. The molecule has 7 heteroatoms. The molecule has 1 aromatic heterocycles. The van der Waals surface area contributed by atoms with Crippen LogP contribution in [-0.2, 0) is 15.6 Å². The van der Waals surface area contributed by atoms with E-state index in [1.807, 2.05) is 72.8 Å². The van der Waals surface area contributed by atoms with Crippen LogP contribution in [0.1, 0.15) is 18.9 Å². The van der Waals surface area contributed by atoms with Crippen LogP contribution in [0.25, 0.3) is 32.2 Å². The summed E-state index contributed by atoms with van der Waals surface area (Å²) in [6.07, 6.45) is 0.454. The Bertz CT molecular complexity index is 1350. The minimum absolute atomic E-state index is 0.0115. The number of nitrogens with one attached hydrogen (secondary N) is 1. The third kappa shape index (κ3) is 5.16. The molecule has 4 rings (SSSR count). The van der Waals surface area contributed by atoms with Gasteiger partial charge in [0.2, 0.25) is 0 Å². The Morgan fingerprint density at radius 3 is 2.19 bits per heavy atom. The van der Waals surface area contributed by atoms with E-state index < -0.39 is 9.84 Å². The second kappa shape index (κ2) is 9.67. The number of benzene rings is 3. The molecule has 4 aromatic rings. The van der Waals surface area contributed by atoms with E-state index in [0.29, 0.717) is 13.0 Å². The first kappa shape index (κ1) is 21.6. The molecule has 0 aliphatic rings. The third-order valence-electron chi connectivity index (χ3n) is 5.08. The minimum atomic E-state index is -3.20. The zero-order chi connectivity index (χ0) is 22.4. The Balaban J connectivity index is 1.52. The molecule has 1 heterocycles. The van der Waals surface area contributed by atoms with E-state index >= 15 is 0 Å². The van der Waals surface area contributed by atoms with Gasteiger partial charge in [-0.25, -0.2) is 13.4 Å². The number of hydrogen-bond acceptors (Lipinski definition) is 4. The highest BCUT2D eigenvalue weighted by atomic mass is 32.2. The summed E-state index contributed by atoms with van der Waals surface area (Å²) < 4.78 is 24.8. The first-order valence-electron chi connectivity index (χ1n) is 10.4. The van der Waals surface area contributed by atoms with Crippen molar-refractivity contribution in [3.8, 4) is 6.07 Å². The maximum absolute atomic E-state index is 12.4. The lowest BCUT2D eigenvalue weighted by Gasteiger charge is -2.14. The van der Waals surface area contributed by atoms with Crippen LogP contribution >= 0.6 is 0 Å². The lowest BCUT2D eigenvalue weighted by molar-refractivity contribution is 0.593. The molecule has 0 fully saturated rings. The number of pyridine rings is 1. The van der Waals surface area contributed by atoms with Gasteiger partial charge in [0.15, 0.2) is 9.84 Å². The van der Waals surface area contributed by atoms with E-state index in [1.54, 1.807) is 6.92 Å². The Morgan fingerprint density at radius 2 is 1.56 bits per heavy atom. The van der Waals surface area contributed by atoms with Crippen molar-refractivity contribution in [2.75, 3.05) is 17.6 Å². The molecule has 0 aliphatic heterocycles. The minimum Gasteiger partial charge on any atom is -0.354 e. The summed E-state index contributed by atoms with van der Waals surface area (Å²) in [5.41, 5.74) is 8.31. The maximum atomic E-state index is 12.4. The quantitative estimate of drug-likeness (QED) is 0.203. The summed E-state index contributed by atoms with van der Waals surface area (Å²) in [4.78, 5) is 8.38. The number of hydrogen-bond donors (Lipinski definition) is 1. The number of aromatic nitrogens is 1. The highest BCUT2D eigenvalue weighted by molar-refractivity contribution is 7.90. The molecule has 0 saturated carbocycles. The van der Waals surface area contributed by atoms with E-state index in [4.69, 9.17) is 4.98 Å². The summed E-state index contributed by atoms with van der Waals surface area (Å²) in [7, 11) is -3.20. The third-order valence-corrected chi connectivity index (χ3v) is 6.77. The average molecular weight is 445 g/mol. The smallest absolute Gasteiger partial charge is 0.267 e. The summed E-state index contributed by atoms with van der Waals surface area (Å²) >= 11 is 0. The normalized spacial score (nSPS) is 11.2. The van der Waals surface area contributed by atoms with Gasteiger partial charge < -0.3 is 10.7 Å². The van der Waals surface area contributed by atoms with Crippen molar-refractivity contribution in [3.63, 3.8) is 0 Å². The molecular weight excluding hydrogens is 420 g/mol.